The number of aromatic nitrogens is 2. The molecule has 0 atom stereocenters. The zero-order valence-electron chi connectivity index (χ0n) is 16.4. The highest BCUT2D eigenvalue weighted by molar-refractivity contribution is 7.21. The van der Waals surface area contributed by atoms with Crippen LogP contribution < -0.4 is 10.2 Å². The first-order valence-electron chi connectivity index (χ1n) is 9.95. The number of amides is 1. The number of benzene rings is 2. The highest BCUT2D eigenvalue weighted by atomic mass is 32.1. The predicted molar refractivity (Wildman–Crippen MR) is 122 cm³/mol. The van der Waals surface area contributed by atoms with Crippen LogP contribution in [0, 0.1) is 0 Å². The van der Waals surface area contributed by atoms with Crippen molar-refractivity contribution in [1.29, 1.82) is 0 Å². The van der Waals surface area contributed by atoms with Gasteiger partial charge in [0.25, 0.3) is 5.91 Å². The third-order valence-corrected chi connectivity index (χ3v) is 6.24. The van der Waals surface area contributed by atoms with Gasteiger partial charge in [0, 0.05) is 38.1 Å². The maximum atomic E-state index is 13.2. The van der Waals surface area contributed by atoms with E-state index in [2.05, 4.69) is 15.2 Å². The summed E-state index contributed by atoms with van der Waals surface area (Å²) in [5.41, 5.74) is 3.41. The van der Waals surface area contributed by atoms with Crippen molar-refractivity contribution < 1.29 is 4.79 Å². The molecule has 150 valence electrons. The molecule has 1 saturated heterocycles. The quantitative estimate of drug-likeness (QED) is 0.535. The van der Waals surface area contributed by atoms with Crippen LogP contribution in [0.2, 0.25) is 0 Å². The minimum atomic E-state index is 0.0552. The third kappa shape index (κ3) is 3.71. The molecular formula is C23H21N5OS. The van der Waals surface area contributed by atoms with Gasteiger partial charge in [-0.05, 0) is 36.4 Å². The Morgan fingerprint density at radius 3 is 2.47 bits per heavy atom. The zero-order valence-corrected chi connectivity index (χ0v) is 17.2. The van der Waals surface area contributed by atoms with E-state index in [0.29, 0.717) is 18.7 Å². The third-order valence-electron chi connectivity index (χ3n) is 5.20. The van der Waals surface area contributed by atoms with Gasteiger partial charge in [-0.1, -0.05) is 41.7 Å². The van der Waals surface area contributed by atoms with Gasteiger partial charge in [0.15, 0.2) is 5.13 Å². The van der Waals surface area contributed by atoms with Crippen molar-refractivity contribution in [2.24, 2.45) is 0 Å². The molecule has 7 heteroatoms. The van der Waals surface area contributed by atoms with Gasteiger partial charge in [-0.3, -0.25) is 4.79 Å². The maximum Gasteiger partial charge on any atom is 0.256 e. The Morgan fingerprint density at radius 2 is 1.67 bits per heavy atom. The van der Waals surface area contributed by atoms with Gasteiger partial charge in [-0.15, -0.1) is 0 Å². The van der Waals surface area contributed by atoms with Gasteiger partial charge >= 0.3 is 0 Å². The molecule has 1 N–H and O–H groups in total. The minimum absolute atomic E-state index is 0.0552. The summed E-state index contributed by atoms with van der Waals surface area (Å²) in [7, 11) is 0. The molecule has 4 aromatic rings. The molecular weight excluding hydrogens is 394 g/mol. The van der Waals surface area contributed by atoms with Crippen molar-refractivity contribution in [2.45, 2.75) is 0 Å². The lowest BCUT2D eigenvalue weighted by Crippen LogP contribution is -2.48. The number of nitrogens with one attached hydrogen (secondary N) is 1. The normalized spacial score (nSPS) is 14.1. The fourth-order valence-corrected chi connectivity index (χ4v) is 4.58. The van der Waals surface area contributed by atoms with E-state index in [0.717, 1.165) is 39.9 Å². The van der Waals surface area contributed by atoms with Crippen molar-refractivity contribution in [3.63, 3.8) is 0 Å². The number of piperazine rings is 1. The number of thiazole rings is 1. The Labute approximate surface area is 178 Å². The molecule has 3 heterocycles. The van der Waals surface area contributed by atoms with Crippen LogP contribution >= 0.6 is 11.3 Å². The standard InChI is InChI=1S/C23H21N5OS/c29-22(18-9-4-5-10-19(18)25-17-7-2-1-3-8-17)27-13-15-28(16-14-27)23-26-20-11-6-12-24-21(20)30-23/h1-12,25H,13-16H2. The van der Waals surface area contributed by atoms with Crippen molar-refractivity contribution in [2.75, 3.05) is 36.4 Å². The summed E-state index contributed by atoms with van der Waals surface area (Å²) < 4.78 is 0. The van der Waals surface area contributed by atoms with Crippen LogP contribution in [0.5, 0.6) is 0 Å². The summed E-state index contributed by atoms with van der Waals surface area (Å²) in [6, 6.07) is 21.5. The summed E-state index contributed by atoms with van der Waals surface area (Å²) in [6.45, 7) is 2.86. The lowest BCUT2D eigenvalue weighted by molar-refractivity contribution is 0.0748. The SMILES string of the molecule is O=C(c1ccccc1Nc1ccccc1)N1CCN(c2nc3cccnc3s2)CC1. The molecule has 30 heavy (non-hydrogen) atoms. The number of fused-ring (bicyclic) bond motifs is 1. The van der Waals surface area contributed by atoms with Crippen molar-refractivity contribution in [1.82, 2.24) is 14.9 Å². The van der Waals surface area contributed by atoms with Crippen LogP contribution in [0.25, 0.3) is 10.3 Å². The highest BCUT2D eigenvalue weighted by Crippen LogP contribution is 2.28. The molecule has 0 spiro atoms. The van der Waals surface area contributed by atoms with Crippen molar-refractivity contribution in [3.05, 3.63) is 78.5 Å². The van der Waals surface area contributed by atoms with E-state index in [9.17, 15) is 4.79 Å². The Bertz CT molecular complexity index is 1140. The largest absolute Gasteiger partial charge is 0.355 e. The number of carbonyl (C=O) groups excluding carboxylic acids is 1. The number of hydrogen-bond donors (Lipinski definition) is 1. The van der Waals surface area contributed by atoms with E-state index in [1.807, 2.05) is 71.6 Å². The molecule has 0 aliphatic carbocycles. The fourth-order valence-electron chi connectivity index (χ4n) is 3.62. The highest BCUT2D eigenvalue weighted by Gasteiger charge is 2.25. The second-order valence-corrected chi connectivity index (χ2v) is 8.10. The van der Waals surface area contributed by atoms with Crippen LogP contribution in [-0.4, -0.2) is 47.0 Å². The summed E-state index contributed by atoms with van der Waals surface area (Å²) in [6.07, 6.45) is 1.79. The van der Waals surface area contributed by atoms with Crippen LogP contribution in [0.3, 0.4) is 0 Å². The summed E-state index contributed by atoms with van der Waals surface area (Å²) in [5.74, 6) is 0.0552. The lowest BCUT2D eigenvalue weighted by atomic mass is 10.1. The van der Waals surface area contributed by atoms with E-state index < -0.39 is 0 Å². The van der Waals surface area contributed by atoms with Gasteiger partial charge in [0.2, 0.25) is 0 Å². The van der Waals surface area contributed by atoms with E-state index in [4.69, 9.17) is 4.98 Å². The summed E-state index contributed by atoms with van der Waals surface area (Å²) in [4.78, 5) is 27.4. The molecule has 6 nitrogen and oxygen atoms in total. The number of anilines is 3. The maximum absolute atomic E-state index is 13.2. The van der Waals surface area contributed by atoms with E-state index in [-0.39, 0.29) is 5.91 Å². The molecule has 1 amide bonds. The number of rotatable bonds is 4. The molecule has 1 fully saturated rings. The molecule has 1 aliphatic rings. The smallest absolute Gasteiger partial charge is 0.256 e. The predicted octanol–water partition coefficient (Wildman–Crippen LogP) is 4.40. The number of hydrogen-bond acceptors (Lipinski definition) is 6. The molecule has 0 saturated carbocycles. The van der Waals surface area contributed by atoms with Gasteiger partial charge in [-0.25, -0.2) is 9.97 Å². The second kappa shape index (κ2) is 8.12. The van der Waals surface area contributed by atoms with Crippen molar-refractivity contribution in [3.8, 4) is 0 Å². The Hall–Kier alpha value is -3.45. The Morgan fingerprint density at radius 1 is 0.900 bits per heavy atom. The first-order chi connectivity index (χ1) is 14.8. The van der Waals surface area contributed by atoms with Gasteiger partial charge in [0.05, 0.1) is 11.3 Å². The van der Waals surface area contributed by atoms with Gasteiger partial charge < -0.3 is 15.1 Å². The first-order valence-corrected chi connectivity index (χ1v) is 10.8. The average Bonchev–Trinajstić information content (AvgIpc) is 3.24. The average molecular weight is 416 g/mol. The molecule has 2 aromatic heterocycles. The van der Waals surface area contributed by atoms with Crippen LogP contribution in [0.1, 0.15) is 10.4 Å². The van der Waals surface area contributed by atoms with Gasteiger partial charge in [0.1, 0.15) is 10.3 Å². The molecule has 0 bridgehead atoms. The van der Waals surface area contributed by atoms with Crippen LogP contribution in [0.4, 0.5) is 16.5 Å². The minimum Gasteiger partial charge on any atom is -0.355 e. The first kappa shape index (κ1) is 18.6. The number of para-hydroxylation sites is 2. The summed E-state index contributed by atoms with van der Waals surface area (Å²) in [5, 5.41) is 4.34. The molecule has 1 aliphatic heterocycles. The van der Waals surface area contributed by atoms with Crippen LogP contribution in [-0.2, 0) is 0 Å². The molecule has 2 aromatic carbocycles. The summed E-state index contributed by atoms with van der Waals surface area (Å²) >= 11 is 1.60. The Balaban J connectivity index is 1.29. The van der Waals surface area contributed by atoms with E-state index >= 15 is 0 Å². The number of carbonyl (C=O) groups is 1. The fraction of sp³-hybridized carbons (Fsp3) is 0.174. The molecule has 5 rings (SSSR count). The van der Waals surface area contributed by atoms with Crippen LogP contribution in [0.15, 0.2) is 72.9 Å². The number of pyridine rings is 1. The van der Waals surface area contributed by atoms with E-state index in [1.54, 1.807) is 17.5 Å². The van der Waals surface area contributed by atoms with Gasteiger partial charge in [-0.2, -0.15) is 0 Å². The Kier molecular flexibility index (Phi) is 5.03. The van der Waals surface area contributed by atoms with Crippen molar-refractivity contribution >= 4 is 44.1 Å². The number of nitrogens with zero attached hydrogens (tertiary/aromatic N) is 4. The monoisotopic (exact) mass is 415 g/mol. The van der Waals surface area contributed by atoms with E-state index in [1.165, 1.54) is 0 Å². The lowest BCUT2D eigenvalue weighted by Gasteiger charge is -2.34. The molecule has 0 unspecified atom stereocenters. The molecule has 0 radical (unpaired) electrons. The topological polar surface area (TPSA) is 61.4 Å². The second-order valence-electron chi connectivity index (χ2n) is 7.14. The zero-order chi connectivity index (χ0) is 20.3.